The Hall–Kier alpha value is -0.0400. The standard InChI is InChI=1S/C18H36N4.HI/c1-4-18(10-6-7-11-18)15-21-17(19-5-2)20-13-16-9-8-12-22(3)14-16;/h16H,4-15H2,1-3H3,(H2,19,20,21);1H. The molecule has 1 atom stereocenters. The minimum atomic E-state index is 0. The van der Waals surface area contributed by atoms with E-state index in [0.29, 0.717) is 5.41 Å². The first-order valence-electron chi connectivity index (χ1n) is 9.38. The zero-order valence-corrected chi connectivity index (χ0v) is 17.7. The fourth-order valence-electron chi connectivity index (χ4n) is 4.02. The molecule has 2 N–H and O–H groups in total. The maximum absolute atomic E-state index is 4.92. The topological polar surface area (TPSA) is 39.7 Å². The first kappa shape index (κ1) is 21.0. The van der Waals surface area contributed by atoms with Crippen molar-refractivity contribution in [1.29, 1.82) is 0 Å². The Balaban J connectivity index is 0.00000264. The number of guanidine groups is 1. The lowest BCUT2D eigenvalue weighted by Crippen LogP contribution is -2.44. The fraction of sp³-hybridized carbons (Fsp3) is 0.944. The highest BCUT2D eigenvalue weighted by molar-refractivity contribution is 14.0. The van der Waals surface area contributed by atoms with E-state index in [1.165, 1.54) is 58.0 Å². The third-order valence-corrected chi connectivity index (χ3v) is 5.61. The van der Waals surface area contributed by atoms with Crippen LogP contribution in [0.3, 0.4) is 0 Å². The first-order valence-corrected chi connectivity index (χ1v) is 9.38. The Kier molecular flexibility index (Phi) is 9.82. The summed E-state index contributed by atoms with van der Waals surface area (Å²) >= 11 is 0. The molecule has 1 unspecified atom stereocenters. The molecule has 2 fully saturated rings. The Bertz CT molecular complexity index is 353. The summed E-state index contributed by atoms with van der Waals surface area (Å²) in [5.74, 6) is 1.78. The molecule has 1 saturated carbocycles. The van der Waals surface area contributed by atoms with E-state index in [-0.39, 0.29) is 24.0 Å². The Morgan fingerprint density at radius 1 is 1.17 bits per heavy atom. The van der Waals surface area contributed by atoms with Gasteiger partial charge in [-0.15, -0.1) is 24.0 Å². The molecule has 0 bridgehead atoms. The van der Waals surface area contributed by atoms with Gasteiger partial charge in [-0.25, -0.2) is 0 Å². The van der Waals surface area contributed by atoms with Crippen LogP contribution in [-0.4, -0.2) is 50.6 Å². The average molecular weight is 436 g/mol. The quantitative estimate of drug-likeness (QED) is 0.381. The maximum atomic E-state index is 4.92. The fourth-order valence-corrected chi connectivity index (χ4v) is 4.02. The summed E-state index contributed by atoms with van der Waals surface area (Å²) < 4.78 is 0. The molecule has 1 saturated heterocycles. The second-order valence-electron chi connectivity index (χ2n) is 7.41. The van der Waals surface area contributed by atoms with E-state index in [9.17, 15) is 0 Å². The molecule has 136 valence electrons. The number of nitrogens with one attached hydrogen (secondary N) is 2. The molecular weight excluding hydrogens is 399 g/mol. The van der Waals surface area contributed by atoms with Gasteiger partial charge in [0.2, 0.25) is 0 Å². The lowest BCUT2D eigenvalue weighted by Gasteiger charge is -2.30. The molecule has 0 spiro atoms. The van der Waals surface area contributed by atoms with Crippen molar-refractivity contribution in [2.45, 2.75) is 58.8 Å². The number of hydrogen-bond acceptors (Lipinski definition) is 2. The molecule has 5 heteroatoms. The zero-order valence-electron chi connectivity index (χ0n) is 15.4. The van der Waals surface area contributed by atoms with Gasteiger partial charge in [0, 0.05) is 26.2 Å². The van der Waals surface area contributed by atoms with Gasteiger partial charge in [0.1, 0.15) is 0 Å². The summed E-state index contributed by atoms with van der Waals surface area (Å²) in [6, 6.07) is 0. The summed E-state index contributed by atoms with van der Waals surface area (Å²) in [4.78, 5) is 7.37. The molecular formula is C18H37IN4. The average Bonchev–Trinajstić information content (AvgIpc) is 3.00. The van der Waals surface area contributed by atoms with Gasteiger partial charge in [-0.3, -0.25) is 4.99 Å². The van der Waals surface area contributed by atoms with Crippen molar-refractivity contribution in [3.63, 3.8) is 0 Å². The Morgan fingerprint density at radius 3 is 2.52 bits per heavy atom. The summed E-state index contributed by atoms with van der Waals surface area (Å²) in [5.41, 5.74) is 0.480. The number of piperidine rings is 1. The molecule has 1 heterocycles. The molecule has 0 aromatic carbocycles. The van der Waals surface area contributed by atoms with Gasteiger partial charge in [0.05, 0.1) is 0 Å². The second-order valence-corrected chi connectivity index (χ2v) is 7.41. The van der Waals surface area contributed by atoms with Gasteiger partial charge in [-0.2, -0.15) is 0 Å². The molecule has 0 aromatic rings. The van der Waals surface area contributed by atoms with E-state index in [1.807, 2.05) is 0 Å². The van der Waals surface area contributed by atoms with Gasteiger partial charge in [0.15, 0.2) is 5.96 Å². The molecule has 23 heavy (non-hydrogen) atoms. The van der Waals surface area contributed by atoms with Crippen LogP contribution in [0.2, 0.25) is 0 Å². The summed E-state index contributed by atoms with van der Waals surface area (Å²) in [6.07, 6.45) is 9.44. The van der Waals surface area contributed by atoms with Crippen LogP contribution in [0.25, 0.3) is 0 Å². The van der Waals surface area contributed by atoms with Gasteiger partial charge in [0.25, 0.3) is 0 Å². The first-order chi connectivity index (χ1) is 10.7. The third kappa shape index (κ3) is 6.77. The minimum Gasteiger partial charge on any atom is -0.357 e. The summed E-state index contributed by atoms with van der Waals surface area (Å²) in [5, 5.41) is 7.01. The number of aliphatic imine (C=N–C) groups is 1. The van der Waals surface area contributed by atoms with Crippen LogP contribution in [-0.2, 0) is 0 Å². The van der Waals surface area contributed by atoms with Crippen molar-refractivity contribution in [3.8, 4) is 0 Å². The zero-order chi connectivity index (χ0) is 15.8. The maximum Gasteiger partial charge on any atom is 0.191 e. The second kappa shape index (κ2) is 10.7. The number of rotatable bonds is 6. The predicted molar refractivity (Wildman–Crippen MR) is 111 cm³/mol. The van der Waals surface area contributed by atoms with Crippen LogP contribution in [0.4, 0.5) is 0 Å². The monoisotopic (exact) mass is 436 g/mol. The van der Waals surface area contributed by atoms with Crippen LogP contribution in [0.1, 0.15) is 58.8 Å². The molecule has 0 aromatic heterocycles. The molecule has 4 nitrogen and oxygen atoms in total. The highest BCUT2D eigenvalue weighted by atomic mass is 127. The highest BCUT2D eigenvalue weighted by Crippen LogP contribution is 2.41. The minimum absolute atomic E-state index is 0. The van der Waals surface area contributed by atoms with Crippen molar-refractivity contribution in [3.05, 3.63) is 0 Å². The predicted octanol–water partition coefficient (Wildman–Crippen LogP) is 3.47. The lowest BCUT2D eigenvalue weighted by atomic mass is 9.84. The van der Waals surface area contributed by atoms with Crippen LogP contribution < -0.4 is 10.6 Å². The number of hydrogen-bond donors (Lipinski definition) is 2. The van der Waals surface area contributed by atoms with Crippen molar-refractivity contribution < 1.29 is 0 Å². The van der Waals surface area contributed by atoms with E-state index in [2.05, 4.69) is 36.4 Å². The van der Waals surface area contributed by atoms with Crippen molar-refractivity contribution in [2.75, 3.05) is 39.8 Å². The number of halogens is 1. The van der Waals surface area contributed by atoms with E-state index in [4.69, 9.17) is 4.99 Å². The van der Waals surface area contributed by atoms with E-state index < -0.39 is 0 Å². The van der Waals surface area contributed by atoms with E-state index >= 15 is 0 Å². The Morgan fingerprint density at radius 2 is 1.91 bits per heavy atom. The van der Waals surface area contributed by atoms with Crippen molar-refractivity contribution >= 4 is 29.9 Å². The largest absolute Gasteiger partial charge is 0.357 e. The van der Waals surface area contributed by atoms with Gasteiger partial charge >= 0.3 is 0 Å². The number of nitrogens with zero attached hydrogens (tertiary/aromatic N) is 2. The van der Waals surface area contributed by atoms with E-state index in [0.717, 1.165) is 31.5 Å². The molecule has 2 rings (SSSR count). The van der Waals surface area contributed by atoms with Crippen LogP contribution in [0, 0.1) is 11.3 Å². The van der Waals surface area contributed by atoms with Crippen molar-refractivity contribution in [2.24, 2.45) is 16.3 Å². The molecule has 0 radical (unpaired) electrons. The molecule has 2 aliphatic rings. The molecule has 1 aliphatic heterocycles. The Labute approximate surface area is 160 Å². The van der Waals surface area contributed by atoms with Crippen LogP contribution >= 0.6 is 24.0 Å². The van der Waals surface area contributed by atoms with E-state index in [1.54, 1.807) is 0 Å². The summed E-state index contributed by atoms with van der Waals surface area (Å²) in [6.45, 7) is 9.93. The smallest absolute Gasteiger partial charge is 0.191 e. The van der Waals surface area contributed by atoms with Crippen LogP contribution in [0.15, 0.2) is 4.99 Å². The third-order valence-electron chi connectivity index (χ3n) is 5.61. The van der Waals surface area contributed by atoms with Crippen LogP contribution in [0.5, 0.6) is 0 Å². The lowest BCUT2D eigenvalue weighted by molar-refractivity contribution is 0.210. The normalized spacial score (nSPS) is 25.0. The SMILES string of the molecule is CCNC(=NCC1(CC)CCCC1)NCC1CCCN(C)C1.I. The summed E-state index contributed by atoms with van der Waals surface area (Å²) in [7, 11) is 2.23. The molecule has 0 amide bonds. The van der Waals surface area contributed by atoms with Gasteiger partial charge in [-0.1, -0.05) is 19.8 Å². The molecule has 1 aliphatic carbocycles. The number of likely N-dealkylation sites (tertiary alicyclic amines) is 1. The van der Waals surface area contributed by atoms with Gasteiger partial charge in [-0.05, 0) is 64.0 Å². The van der Waals surface area contributed by atoms with Gasteiger partial charge < -0.3 is 15.5 Å². The van der Waals surface area contributed by atoms with Crippen molar-refractivity contribution in [1.82, 2.24) is 15.5 Å². The highest BCUT2D eigenvalue weighted by Gasteiger charge is 2.31.